The summed E-state index contributed by atoms with van der Waals surface area (Å²) in [5, 5.41) is 5.18. The van der Waals surface area contributed by atoms with Crippen LogP contribution in [0.25, 0.3) is 125 Å². The quantitative estimate of drug-likeness (QED) is 0.134. The second-order valence-corrected chi connectivity index (χ2v) is 19.9. The van der Waals surface area contributed by atoms with Crippen LogP contribution in [0.15, 0.2) is 261 Å². The molecule has 0 spiro atoms. The molecule has 0 fully saturated rings. The van der Waals surface area contributed by atoms with E-state index in [2.05, 4.69) is 265 Å². The predicted octanol–water partition coefficient (Wildman–Crippen LogP) is 17.8. The third kappa shape index (κ3) is 7.19. The van der Waals surface area contributed by atoms with Gasteiger partial charge < -0.3 is 0 Å². The van der Waals surface area contributed by atoms with E-state index in [1.54, 1.807) is 0 Å². The Balaban J connectivity index is 0.998. The molecule has 13 aromatic rings. The zero-order valence-corrected chi connectivity index (χ0v) is 38.9. The van der Waals surface area contributed by atoms with Crippen LogP contribution in [0.1, 0.15) is 0 Å². The minimum absolute atomic E-state index is 0.223. The first-order chi connectivity index (χ1) is 33.7. The van der Waals surface area contributed by atoms with E-state index >= 15 is 0 Å². The van der Waals surface area contributed by atoms with E-state index < -0.39 is 0 Å². The number of hydrogen-bond acceptors (Lipinski definition) is 0. The first kappa shape index (κ1) is 40.1. The summed E-state index contributed by atoms with van der Waals surface area (Å²) in [5.74, 6) is 0. The maximum absolute atomic E-state index is 2.45. The van der Waals surface area contributed by atoms with E-state index in [0.29, 0.717) is 0 Å². The summed E-state index contributed by atoms with van der Waals surface area (Å²) >= 11 is 0.223. The van der Waals surface area contributed by atoms with Crippen molar-refractivity contribution in [3.63, 3.8) is 0 Å². The average molecular weight is 929 g/mol. The molecule has 0 aliphatic rings. The zero-order chi connectivity index (χ0) is 45.0. The van der Waals surface area contributed by atoms with Crippen molar-refractivity contribution in [1.29, 1.82) is 0 Å². The van der Waals surface area contributed by atoms with Crippen molar-refractivity contribution in [2.24, 2.45) is 0 Å². The van der Waals surface area contributed by atoms with Crippen LogP contribution in [0.3, 0.4) is 0 Å². The SMILES string of the molecule is c1ccc(-c2ccc(-c3cc(-c4ccc5[se]c6c(-c7ccccc7)cccc6c5c4)cc(-c4ccc5c(c4)c4cc(-c6ccccc6)ccc4n5-c4cccc(-c5ccccc5)c4)c3)cc2)cc1. The summed E-state index contributed by atoms with van der Waals surface area (Å²) in [6.45, 7) is 0. The van der Waals surface area contributed by atoms with Crippen molar-refractivity contribution in [2.45, 2.75) is 0 Å². The number of hydrogen-bond donors (Lipinski definition) is 0. The van der Waals surface area contributed by atoms with E-state index in [9.17, 15) is 0 Å². The molecule has 0 N–H and O–H groups in total. The van der Waals surface area contributed by atoms with E-state index in [1.807, 2.05) is 0 Å². The van der Waals surface area contributed by atoms with Crippen LogP contribution in [0.4, 0.5) is 0 Å². The van der Waals surface area contributed by atoms with E-state index in [4.69, 9.17) is 0 Å². The molecule has 0 bridgehead atoms. The Hall–Kier alpha value is -8.26. The monoisotopic (exact) mass is 929 g/mol. The molecule has 0 amide bonds. The second kappa shape index (κ2) is 16.9. The number of aromatic nitrogens is 1. The van der Waals surface area contributed by atoms with Gasteiger partial charge in [0, 0.05) is 5.69 Å². The van der Waals surface area contributed by atoms with Gasteiger partial charge in [0.15, 0.2) is 0 Å². The van der Waals surface area contributed by atoms with Gasteiger partial charge in [0.2, 0.25) is 0 Å². The zero-order valence-electron chi connectivity index (χ0n) is 37.2. The molecule has 2 heterocycles. The molecule has 318 valence electrons. The van der Waals surface area contributed by atoms with Crippen molar-refractivity contribution in [2.75, 3.05) is 0 Å². The molecule has 0 atom stereocenters. The van der Waals surface area contributed by atoms with Crippen LogP contribution < -0.4 is 0 Å². The Labute approximate surface area is 402 Å². The van der Waals surface area contributed by atoms with Crippen molar-refractivity contribution < 1.29 is 0 Å². The van der Waals surface area contributed by atoms with Crippen molar-refractivity contribution >= 4 is 55.6 Å². The Bertz CT molecular complexity index is 3980. The molecule has 0 radical (unpaired) electrons. The van der Waals surface area contributed by atoms with E-state index in [1.165, 1.54) is 119 Å². The third-order valence-electron chi connectivity index (χ3n) is 13.6. The molecular formula is C66H43NSe. The molecule has 2 aromatic heterocycles. The normalized spacial score (nSPS) is 11.5. The fraction of sp³-hybridized carbons (Fsp3) is 0. The van der Waals surface area contributed by atoms with Gasteiger partial charge in [-0.3, -0.25) is 0 Å². The molecule has 2 heteroatoms. The molecule has 13 rings (SSSR count). The molecule has 0 aliphatic carbocycles. The summed E-state index contributed by atoms with van der Waals surface area (Å²) in [4.78, 5) is 0. The second-order valence-electron chi connectivity index (χ2n) is 17.7. The Morgan fingerprint density at radius 2 is 0.632 bits per heavy atom. The molecule has 0 unspecified atom stereocenters. The van der Waals surface area contributed by atoms with Gasteiger partial charge in [-0.1, -0.05) is 109 Å². The maximum atomic E-state index is 2.45. The fourth-order valence-corrected chi connectivity index (χ4v) is 12.7. The number of benzene rings is 11. The van der Waals surface area contributed by atoms with Gasteiger partial charge in [-0.2, -0.15) is 0 Å². The molecule has 1 nitrogen and oxygen atoms in total. The summed E-state index contributed by atoms with van der Waals surface area (Å²) in [7, 11) is 0. The van der Waals surface area contributed by atoms with Crippen LogP contribution in [0.2, 0.25) is 0 Å². The van der Waals surface area contributed by atoms with Crippen molar-refractivity contribution in [1.82, 2.24) is 4.57 Å². The van der Waals surface area contributed by atoms with Crippen LogP contribution in [0.5, 0.6) is 0 Å². The summed E-state index contributed by atoms with van der Waals surface area (Å²) < 4.78 is 5.36. The van der Waals surface area contributed by atoms with Crippen LogP contribution in [-0.4, -0.2) is 19.1 Å². The third-order valence-corrected chi connectivity index (χ3v) is 16.1. The average Bonchev–Trinajstić information content (AvgIpc) is 3.97. The van der Waals surface area contributed by atoms with Gasteiger partial charge >= 0.3 is 249 Å². The number of rotatable bonds is 8. The predicted molar refractivity (Wildman–Crippen MR) is 291 cm³/mol. The molecule has 0 saturated carbocycles. The molecule has 0 saturated heterocycles. The molecule has 68 heavy (non-hydrogen) atoms. The van der Waals surface area contributed by atoms with Crippen LogP contribution in [0, 0.1) is 0 Å². The van der Waals surface area contributed by atoms with Gasteiger partial charge in [0.05, 0.1) is 0 Å². The minimum atomic E-state index is 0.223. The molecule has 11 aromatic carbocycles. The standard InChI is InChI=1S/C66H43NSe/c1-5-15-44(16-6-1)47-27-29-48(30-28-47)54-37-55(39-56(38-54)53-33-36-65-62(43-53)59-26-14-25-58(66(59)68-65)49-21-11-4-12-22-49)52-32-35-64-61(42-52)60-41-51(46-19-9-3-10-20-46)31-34-63(60)67(64)57-24-13-23-50(40-57)45-17-7-2-8-18-45/h1-43H. The summed E-state index contributed by atoms with van der Waals surface area (Å²) in [6.07, 6.45) is 0. The molecule has 0 aliphatic heterocycles. The largest absolute Gasteiger partial charge is 0.0617 e. The van der Waals surface area contributed by atoms with Crippen molar-refractivity contribution in [3.05, 3.63) is 261 Å². The van der Waals surface area contributed by atoms with Gasteiger partial charge in [0.1, 0.15) is 0 Å². The fourth-order valence-electron chi connectivity index (χ4n) is 10.2. The van der Waals surface area contributed by atoms with Gasteiger partial charge in [-0.15, -0.1) is 0 Å². The van der Waals surface area contributed by atoms with Gasteiger partial charge in [-0.05, 0) is 40.5 Å². The van der Waals surface area contributed by atoms with E-state index in [-0.39, 0.29) is 14.5 Å². The number of nitrogens with zero attached hydrogens (tertiary/aromatic N) is 1. The van der Waals surface area contributed by atoms with Crippen molar-refractivity contribution in [3.8, 4) is 83.6 Å². The van der Waals surface area contributed by atoms with E-state index in [0.717, 1.165) is 5.69 Å². The first-order valence-corrected chi connectivity index (χ1v) is 25.0. The molecular weight excluding hydrogens is 886 g/mol. The van der Waals surface area contributed by atoms with Gasteiger partial charge in [-0.25, -0.2) is 0 Å². The maximum Gasteiger partial charge on any atom is -0.0544 e. The Morgan fingerprint density at radius 3 is 1.21 bits per heavy atom. The van der Waals surface area contributed by atoms with Crippen LogP contribution >= 0.6 is 0 Å². The summed E-state index contributed by atoms with van der Waals surface area (Å²) in [5.41, 5.74) is 20.6. The van der Waals surface area contributed by atoms with Crippen LogP contribution in [-0.2, 0) is 0 Å². The Morgan fingerprint density at radius 1 is 0.235 bits per heavy atom. The topological polar surface area (TPSA) is 4.93 Å². The first-order valence-electron chi connectivity index (χ1n) is 23.3. The van der Waals surface area contributed by atoms with Gasteiger partial charge in [0.25, 0.3) is 0 Å². The number of fused-ring (bicyclic) bond motifs is 6. The minimum Gasteiger partial charge on any atom is -0.0617 e. The Kier molecular flexibility index (Phi) is 9.94. The smallest absolute Gasteiger partial charge is 0.0544 e. The summed E-state index contributed by atoms with van der Waals surface area (Å²) in [6, 6.07) is 96.2.